The summed E-state index contributed by atoms with van der Waals surface area (Å²) in [4.78, 5) is 19.1. The van der Waals surface area contributed by atoms with Crippen molar-refractivity contribution in [3.05, 3.63) is 29.6 Å². The van der Waals surface area contributed by atoms with Gasteiger partial charge in [0.2, 0.25) is 5.91 Å². The molecule has 0 aliphatic rings. The van der Waals surface area contributed by atoms with Crippen molar-refractivity contribution in [2.24, 2.45) is 0 Å². The number of amides is 1. The Kier molecular flexibility index (Phi) is 3.42. The number of imidazole rings is 1. The number of H-pyrrole nitrogens is 1. The zero-order valence-electron chi connectivity index (χ0n) is 10.2. The number of benzene rings is 1. The monoisotopic (exact) mass is 231 g/mol. The standard InChI is InChI=1S/C13H17N3O/c1-3-6-14-13(17)8-10-4-5-11-12(7-10)16-9(2)15-11/h4-5,7H,3,6,8H2,1-2H3,(H,14,17)(H,15,16). The van der Waals surface area contributed by atoms with Crippen molar-refractivity contribution < 1.29 is 4.79 Å². The van der Waals surface area contributed by atoms with E-state index < -0.39 is 0 Å². The Morgan fingerprint density at radius 3 is 3.06 bits per heavy atom. The second-order valence-corrected chi connectivity index (χ2v) is 4.20. The molecule has 0 atom stereocenters. The van der Waals surface area contributed by atoms with Crippen LogP contribution in [0.15, 0.2) is 18.2 Å². The Morgan fingerprint density at radius 1 is 1.47 bits per heavy atom. The lowest BCUT2D eigenvalue weighted by molar-refractivity contribution is -0.120. The van der Waals surface area contributed by atoms with Gasteiger partial charge in [-0.3, -0.25) is 4.79 Å². The molecule has 90 valence electrons. The van der Waals surface area contributed by atoms with Gasteiger partial charge in [-0.15, -0.1) is 0 Å². The Bertz CT molecular complexity index is 530. The minimum absolute atomic E-state index is 0.0717. The van der Waals surface area contributed by atoms with E-state index in [1.54, 1.807) is 0 Å². The maximum atomic E-state index is 11.6. The first-order chi connectivity index (χ1) is 8.19. The van der Waals surface area contributed by atoms with E-state index in [-0.39, 0.29) is 5.91 Å². The molecular weight excluding hydrogens is 214 g/mol. The fourth-order valence-corrected chi connectivity index (χ4v) is 1.81. The number of carbonyl (C=O) groups is 1. The fourth-order valence-electron chi connectivity index (χ4n) is 1.81. The summed E-state index contributed by atoms with van der Waals surface area (Å²) < 4.78 is 0. The molecule has 0 unspecified atom stereocenters. The molecule has 1 heterocycles. The van der Waals surface area contributed by atoms with Crippen molar-refractivity contribution >= 4 is 16.9 Å². The van der Waals surface area contributed by atoms with Gasteiger partial charge in [-0.05, 0) is 31.0 Å². The SMILES string of the molecule is CCCNC(=O)Cc1ccc2nc(C)[nH]c2c1. The second-order valence-electron chi connectivity index (χ2n) is 4.20. The lowest BCUT2D eigenvalue weighted by Crippen LogP contribution is -2.25. The van der Waals surface area contributed by atoms with Crippen LogP contribution in [0.2, 0.25) is 0 Å². The van der Waals surface area contributed by atoms with Gasteiger partial charge in [0.1, 0.15) is 5.82 Å². The third kappa shape index (κ3) is 2.84. The van der Waals surface area contributed by atoms with Crippen LogP contribution in [0.4, 0.5) is 0 Å². The molecule has 4 nitrogen and oxygen atoms in total. The molecule has 0 fully saturated rings. The third-order valence-corrected chi connectivity index (χ3v) is 2.60. The molecule has 0 aliphatic heterocycles. The molecule has 17 heavy (non-hydrogen) atoms. The van der Waals surface area contributed by atoms with Crippen LogP contribution < -0.4 is 5.32 Å². The van der Waals surface area contributed by atoms with Gasteiger partial charge in [0.05, 0.1) is 17.5 Å². The van der Waals surface area contributed by atoms with Crippen LogP contribution in [0.5, 0.6) is 0 Å². The molecular formula is C13H17N3O. The van der Waals surface area contributed by atoms with Crippen LogP contribution in [-0.4, -0.2) is 22.4 Å². The highest BCUT2D eigenvalue weighted by atomic mass is 16.1. The van der Waals surface area contributed by atoms with Crippen molar-refractivity contribution in [3.8, 4) is 0 Å². The number of rotatable bonds is 4. The van der Waals surface area contributed by atoms with Crippen LogP contribution in [-0.2, 0) is 11.2 Å². The van der Waals surface area contributed by atoms with Crippen molar-refractivity contribution in [1.29, 1.82) is 0 Å². The van der Waals surface area contributed by atoms with Crippen LogP contribution in [0.1, 0.15) is 24.7 Å². The molecule has 0 radical (unpaired) electrons. The average molecular weight is 231 g/mol. The maximum absolute atomic E-state index is 11.6. The molecule has 0 aliphatic carbocycles. The van der Waals surface area contributed by atoms with Crippen LogP contribution in [0.3, 0.4) is 0 Å². The molecule has 0 saturated heterocycles. The van der Waals surface area contributed by atoms with Crippen molar-refractivity contribution in [1.82, 2.24) is 15.3 Å². The number of hydrogen-bond acceptors (Lipinski definition) is 2. The second kappa shape index (κ2) is 4.99. The third-order valence-electron chi connectivity index (χ3n) is 2.60. The molecule has 0 spiro atoms. The number of hydrogen-bond donors (Lipinski definition) is 2. The number of aromatic nitrogens is 2. The van der Waals surface area contributed by atoms with Crippen molar-refractivity contribution in [2.75, 3.05) is 6.54 Å². The van der Waals surface area contributed by atoms with E-state index in [1.807, 2.05) is 32.0 Å². The van der Waals surface area contributed by atoms with Gasteiger partial charge >= 0.3 is 0 Å². The molecule has 2 rings (SSSR count). The molecule has 0 bridgehead atoms. The Labute approximate surface area is 100 Å². The van der Waals surface area contributed by atoms with E-state index in [2.05, 4.69) is 15.3 Å². The first kappa shape index (κ1) is 11.6. The summed E-state index contributed by atoms with van der Waals surface area (Å²) in [6, 6.07) is 5.89. The van der Waals surface area contributed by atoms with Crippen molar-refractivity contribution in [2.45, 2.75) is 26.7 Å². The van der Waals surface area contributed by atoms with E-state index in [0.29, 0.717) is 6.42 Å². The lowest BCUT2D eigenvalue weighted by Gasteiger charge is -2.03. The minimum atomic E-state index is 0.0717. The number of nitrogens with one attached hydrogen (secondary N) is 2. The quantitative estimate of drug-likeness (QED) is 0.844. The molecule has 2 N–H and O–H groups in total. The number of aromatic amines is 1. The van der Waals surface area contributed by atoms with Gasteiger partial charge in [-0.2, -0.15) is 0 Å². The summed E-state index contributed by atoms with van der Waals surface area (Å²) in [5, 5.41) is 2.87. The van der Waals surface area contributed by atoms with Gasteiger partial charge in [0.25, 0.3) is 0 Å². The average Bonchev–Trinajstić information content (AvgIpc) is 2.65. The zero-order valence-corrected chi connectivity index (χ0v) is 10.2. The first-order valence-corrected chi connectivity index (χ1v) is 5.91. The minimum Gasteiger partial charge on any atom is -0.356 e. The summed E-state index contributed by atoms with van der Waals surface area (Å²) >= 11 is 0. The summed E-state index contributed by atoms with van der Waals surface area (Å²) in [6.07, 6.45) is 1.39. The molecule has 4 heteroatoms. The molecule has 1 amide bonds. The molecule has 0 saturated carbocycles. The topological polar surface area (TPSA) is 57.8 Å². The van der Waals surface area contributed by atoms with Crippen LogP contribution >= 0.6 is 0 Å². The molecule has 1 aromatic heterocycles. The summed E-state index contributed by atoms with van der Waals surface area (Å²) in [7, 11) is 0. The van der Waals surface area contributed by atoms with Gasteiger partial charge in [-0.25, -0.2) is 4.98 Å². The zero-order chi connectivity index (χ0) is 12.3. The predicted octanol–water partition coefficient (Wildman–Crippen LogP) is 1.94. The highest BCUT2D eigenvalue weighted by molar-refractivity contribution is 5.81. The van der Waals surface area contributed by atoms with E-state index in [9.17, 15) is 4.79 Å². The maximum Gasteiger partial charge on any atom is 0.224 e. The van der Waals surface area contributed by atoms with E-state index in [1.165, 1.54) is 0 Å². The highest BCUT2D eigenvalue weighted by Gasteiger charge is 2.05. The van der Waals surface area contributed by atoms with Gasteiger partial charge in [0, 0.05) is 6.54 Å². The highest BCUT2D eigenvalue weighted by Crippen LogP contribution is 2.13. The van der Waals surface area contributed by atoms with Gasteiger partial charge in [0.15, 0.2) is 0 Å². The fraction of sp³-hybridized carbons (Fsp3) is 0.385. The molecule has 1 aromatic carbocycles. The van der Waals surface area contributed by atoms with E-state index in [4.69, 9.17) is 0 Å². The number of carbonyl (C=O) groups excluding carboxylic acids is 1. The van der Waals surface area contributed by atoms with E-state index >= 15 is 0 Å². The van der Waals surface area contributed by atoms with Gasteiger partial charge in [-0.1, -0.05) is 13.0 Å². The molecule has 2 aromatic rings. The Hall–Kier alpha value is -1.84. The smallest absolute Gasteiger partial charge is 0.224 e. The largest absolute Gasteiger partial charge is 0.356 e. The van der Waals surface area contributed by atoms with Crippen LogP contribution in [0, 0.1) is 6.92 Å². The lowest BCUT2D eigenvalue weighted by atomic mass is 10.1. The van der Waals surface area contributed by atoms with E-state index in [0.717, 1.165) is 35.4 Å². The predicted molar refractivity (Wildman–Crippen MR) is 67.8 cm³/mol. The first-order valence-electron chi connectivity index (χ1n) is 5.91. The normalized spacial score (nSPS) is 10.7. The summed E-state index contributed by atoms with van der Waals surface area (Å²) in [5.74, 6) is 0.968. The van der Waals surface area contributed by atoms with Crippen LogP contribution in [0.25, 0.3) is 11.0 Å². The summed E-state index contributed by atoms with van der Waals surface area (Å²) in [6.45, 7) is 4.71. The van der Waals surface area contributed by atoms with Gasteiger partial charge < -0.3 is 10.3 Å². The summed E-state index contributed by atoms with van der Waals surface area (Å²) in [5.41, 5.74) is 2.94. The Balaban J connectivity index is 2.10. The van der Waals surface area contributed by atoms with Crippen molar-refractivity contribution in [3.63, 3.8) is 0 Å². The Morgan fingerprint density at radius 2 is 2.29 bits per heavy atom. The number of aryl methyl sites for hydroxylation is 1. The number of nitrogens with zero attached hydrogens (tertiary/aromatic N) is 1. The number of fused-ring (bicyclic) bond motifs is 1.